The van der Waals surface area contributed by atoms with Gasteiger partial charge in [-0.3, -0.25) is 0 Å². The number of sulfonamides is 1. The largest absolute Gasteiger partial charge is 0.215 e. The van der Waals surface area contributed by atoms with Gasteiger partial charge < -0.3 is 0 Å². The maximum atomic E-state index is 11.9. The van der Waals surface area contributed by atoms with Gasteiger partial charge in [0.1, 0.15) is 13.1 Å². The number of rotatable bonds is 11. The summed E-state index contributed by atoms with van der Waals surface area (Å²) in [5, 5.41) is 17.1. The van der Waals surface area contributed by atoms with Crippen LogP contribution in [0.25, 0.3) is 0 Å². The first-order valence-corrected chi connectivity index (χ1v) is 8.41. The van der Waals surface area contributed by atoms with Crippen LogP contribution in [-0.2, 0) is 10.0 Å². The van der Waals surface area contributed by atoms with E-state index in [4.69, 9.17) is 10.5 Å². The molecule has 0 radical (unpaired) electrons. The van der Waals surface area contributed by atoms with Gasteiger partial charge in [-0.1, -0.05) is 45.4 Å². The Morgan fingerprint density at radius 1 is 0.895 bits per heavy atom. The molecule has 0 aromatic heterocycles. The van der Waals surface area contributed by atoms with E-state index in [9.17, 15) is 8.42 Å². The molecule has 0 aliphatic rings. The van der Waals surface area contributed by atoms with Crippen molar-refractivity contribution in [3.05, 3.63) is 0 Å². The van der Waals surface area contributed by atoms with E-state index in [2.05, 4.69) is 6.92 Å². The molecule has 0 heterocycles. The van der Waals surface area contributed by atoms with Gasteiger partial charge in [0.2, 0.25) is 10.0 Å². The molecule has 0 aromatic rings. The number of nitrogens with zero attached hydrogens (tertiary/aromatic N) is 3. The monoisotopic (exact) mass is 285 g/mol. The van der Waals surface area contributed by atoms with Crippen LogP contribution in [0.4, 0.5) is 0 Å². The molecule has 108 valence electrons. The molecule has 0 N–H and O–H groups in total. The van der Waals surface area contributed by atoms with Crippen molar-refractivity contribution in [1.29, 1.82) is 10.5 Å². The van der Waals surface area contributed by atoms with E-state index in [1.807, 2.05) is 0 Å². The van der Waals surface area contributed by atoms with E-state index < -0.39 is 10.0 Å². The highest BCUT2D eigenvalue weighted by Gasteiger charge is 2.20. The SMILES string of the molecule is CCCCCCCCCS(=O)(=O)N(CC#N)CC#N. The summed E-state index contributed by atoms with van der Waals surface area (Å²) in [5.41, 5.74) is 0. The first-order valence-electron chi connectivity index (χ1n) is 6.80. The van der Waals surface area contributed by atoms with Crippen molar-refractivity contribution < 1.29 is 8.42 Å². The molecule has 0 rings (SSSR count). The lowest BCUT2D eigenvalue weighted by atomic mass is 10.1. The zero-order valence-electron chi connectivity index (χ0n) is 11.6. The van der Waals surface area contributed by atoms with Crippen molar-refractivity contribution in [3.8, 4) is 12.1 Å². The van der Waals surface area contributed by atoms with Gasteiger partial charge in [0, 0.05) is 0 Å². The summed E-state index contributed by atoms with van der Waals surface area (Å²) in [4.78, 5) is 0. The number of unbranched alkanes of at least 4 members (excludes halogenated alkanes) is 6. The normalized spacial score (nSPS) is 11.2. The zero-order chi connectivity index (χ0) is 14.6. The number of hydrogen-bond donors (Lipinski definition) is 0. The average molecular weight is 285 g/mol. The predicted molar refractivity (Wildman–Crippen MR) is 74.6 cm³/mol. The van der Waals surface area contributed by atoms with Crippen LogP contribution in [0.1, 0.15) is 51.9 Å². The van der Waals surface area contributed by atoms with Gasteiger partial charge >= 0.3 is 0 Å². The minimum absolute atomic E-state index is 0.0319. The molecule has 0 spiro atoms. The lowest BCUT2D eigenvalue weighted by molar-refractivity contribution is 0.476. The van der Waals surface area contributed by atoms with Crippen molar-refractivity contribution in [2.45, 2.75) is 51.9 Å². The smallest absolute Gasteiger partial charge is 0.212 e. The Labute approximate surface area is 116 Å². The summed E-state index contributed by atoms with van der Waals surface area (Å²) < 4.78 is 24.7. The van der Waals surface area contributed by atoms with Crippen molar-refractivity contribution >= 4 is 10.0 Å². The molecule has 0 saturated heterocycles. The number of nitriles is 2. The highest BCUT2D eigenvalue weighted by molar-refractivity contribution is 7.89. The summed E-state index contributed by atoms with van der Waals surface area (Å²) in [6.07, 6.45) is 7.32. The Kier molecular flexibility index (Phi) is 10.1. The van der Waals surface area contributed by atoms with Crippen molar-refractivity contribution in [2.75, 3.05) is 18.8 Å². The van der Waals surface area contributed by atoms with Crippen LogP contribution in [0.3, 0.4) is 0 Å². The van der Waals surface area contributed by atoms with E-state index in [1.165, 1.54) is 19.3 Å². The standard InChI is InChI=1S/C13H23N3O2S/c1-2-3-4-5-6-7-8-13-19(17,18)16(11-9-14)12-10-15/h2-8,11-13H2,1H3. The zero-order valence-corrected chi connectivity index (χ0v) is 12.5. The van der Waals surface area contributed by atoms with Gasteiger partial charge in [-0.2, -0.15) is 14.8 Å². The Morgan fingerprint density at radius 2 is 1.37 bits per heavy atom. The Hall–Kier alpha value is -1.11. The molecule has 0 aromatic carbocycles. The molecule has 0 bridgehead atoms. The molecule has 0 aliphatic carbocycles. The maximum absolute atomic E-state index is 11.9. The highest BCUT2D eigenvalue weighted by atomic mass is 32.2. The fourth-order valence-electron chi connectivity index (χ4n) is 1.78. The Morgan fingerprint density at radius 3 is 1.84 bits per heavy atom. The van der Waals surface area contributed by atoms with E-state index in [0.29, 0.717) is 6.42 Å². The first-order chi connectivity index (χ1) is 9.08. The first kappa shape index (κ1) is 17.9. The Bertz CT molecular complexity index is 391. The number of hydrogen-bond acceptors (Lipinski definition) is 4. The quantitative estimate of drug-likeness (QED) is 0.431. The summed E-state index contributed by atoms with van der Waals surface area (Å²) in [7, 11) is -3.46. The molecular formula is C13H23N3O2S. The molecule has 6 heteroatoms. The fraction of sp³-hybridized carbons (Fsp3) is 0.846. The van der Waals surface area contributed by atoms with Crippen LogP contribution in [0.15, 0.2) is 0 Å². The van der Waals surface area contributed by atoms with Gasteiger partial charge in [0.25, 0.3) is 0 Å². The second-order valence-corrected chi connectivity index (χ2v) is 6.61. The van der Waals surface area contributed by atoms with Gasteiger partial charge in [0.15, 0.2) is 0 Å². The van der Waals surface area contributed by atoms with Crippen molar-refractivity contribution in [1.82, 2.24) is 4.31 Å². The third kappa shape index (κ3) is 8.58. The molecular weight excluding hydrogens is 262 g/mol. The maximum Gasteiger partial charge on any atom is 0.215 e. The molecule has 0 aliphatic heterocycles. The Balaban J connectivity index is 3.96. The van der Waals surface area contributed by atoms with Gasteiger partial charge in [0.05, 0.1) is 17.9 Å². The predicted octanol–water partition coefficient (Wildman–Crippen LogP) is 2.42. The average Bonchev–Trinajstić information content (AvgIpc) is 2.37. The van der Waals surface area contributed by atoms with Gasteiger partial charge in [-0.05, 0) is 6.42 Å². The molecule has 0 amide bonds. The van der Waals surface area contributed by atoms with Crippen LogP contribution >= 0.6 is 0 Å². The van der Waals surface area contributed by atoms with Crippen molar-refractivity contribution in [2.24, 2.45) is 0 Å². The van der Waals surface area contributed by atoms with Crippen LogP contribution in [0.2, 0.25) is 0 Å². The molecule has 5 nitrogen and oxygen atoms in total. The van der Waals surface area contributed by atoms with Gasteiger partial charge in [-0.15, -0.1) is 0 Å². The molecule has 0 unspecified atom stereocenters. The van der Waals surface area contributed by atoms with Crippen LogP contribution in [-0.4, -0.2) is 31.6 Å². The third-order valence-corrected chi connectivity index (χ3v) is 4.74. The summed E-state index contributed by atoms with van der Waals surface area (Å²) in [6, 6.07) is 3.56. The van der Waals surface area contributed by atoms with Gasteiger partial charge in [-0.25, -0.2) is 8.42 Å². The molecule has 19 heavy (non-hydrogen) atoms. The lowest BCUT2D eigenvalue weighted by Crippen LogP contribution is -2.33. The molecule has 0 saturated carbocycles. The molecule has 0 atom stereocenters. The summed E-state index contributed by atoms with van der Waals surface area (Å²) in [6.45, 7) is 1.67. The van der Waals surface area contributed by atoms with E-state index in [0.717, 1.165) is 23.6 Å². The van der Waals surface area contributed by atoms with E-state index in [1.54, 1.807) is 12.1 Å². The highest BCUT2D eigenvalue weighted by Crippen LogP contribution is 2.09. The van der Waals surface area contributed by atoms with Crippen LogP contribution < -0.4 is 0 Å². The second kappa shape index (κ2) is 10.8. The minimum Gasteiger partial charge on any atom is -0.212 e. The molecule has 0 fully saturated rings. The van der Waals surface area contributed by atoms with Crippen LogP contribution in [0, 0.1) is 22.7 Å². The minimum atomic E-state index is -3.46. The summed E-state index contributed by atoms with van der Waals surface area (Å²) >= 11 is 0. The van der Waals surface area contributed by atoms with Crippen molar-refractivity contribution in [3.63, 3.8) is 0 Å². The topological polar surface area (TPSA) is 85.0 Å². The van der Waals surface area contributed by atoms with Crippen LogP contribution in [0.5, 0.6) is 0 Å². The fourth-order valence-corrected chi connectivity index (χ4v) is 3.12. The summed E-state index contributed by atoms with van der Waals surface area (Å²) in [5.74, 6) is 0.0319. The second-order valence-electron chi connectivity index (χ2n) is 4.52. The lowest BCUT2D eigenvalue weighted by Gasteiger charge is -2.15. The van der Waals surface area contributed by atoms with E-state index in [-0.39, 0.29) is 18.8 Å². The third-order valence-electron chi connectivity index (χ3n) is 2.89. The van der Waals surface area contributed by atoms with E-state index >= 15 is 0 Å².